The molecule has 0 aromatic heterocycles. The van der Waals surface area contributed by atoms with Crippen LogP contribution in [-0.2, 0) is 11.4 Å². The number of nitrogens with one attached hydrogen (secondary N) is 1. The molecule has 0 radical (unpaired) electrons. The fraction of sp³-hybridized carbons (Fsp3) is 0.154. The Bertz CT molecular complexity index is 1150. The van der Waals surface area contributed by atoms with Gasteiger partial charge in [0.1, 0.15) is 18.2 Å². The monoisotopic (exact) mass is 412 g/mol. The van der Waals surface area contributed by atoms with Crippen LogP contribution >= 0.6 is 0 Å². The van der Waals surface area contributed by atoms with E-state index in [0.717, 1.165) is 16.7 Å². The number of nitriles is 1. The lowest BCUT2D eigenvalue weighted by atomic mass is 10.1. The molecule has 0 unspecified atom stereocenters. The number of ether oxygens (including phenoxy) is 2. The van der Waals surface area contributed by atoms with Gasteiger partial charge in [-0.3, -0.25) is 4.79 Å². The number of hydrogen-bond donors (Lipinski definition) is 1. The van der Waals surface area contributed by atoms with Gasteiger partial charge in [-0.1, -0.05) is 48.5 Å². The van der Waals surface area contributed by atoms with Crippen molar-refractivity contribution < 1.29 is 14.3 Å². The smallest absolute Gasteiger partial charge is 0.266 e. The van der Waals surface area contributed by atoms with E-state index in [9.17, 15) is 10.1 Å². The van der Waals surface area contributed by atoms with Gasteiger partial charge in [0.25, 0.3) is 5.91 Å². The second-order valence-electron chi connectivity index (χ2n) is 7.06. The number of amides is 1. The minimum absolute atomic E-state index is 0.000845. The SMILES string of the molecule is COc1cc(/C=C(\C#N)C(=O)Nc2cccc(C)c2C)ccc1OCc1ccccc1. The molecule has 5 heteroatoms. The van der Waals surface area contributed by atoms with Crippen molar-refractivity contribution in [3.63, 3.8) is 0 Å². The first kappa shape index (κ1) is 21.7. The Hall–Kier alpha value is -4.04. The standard InChI is InChI=1S/C26H24N2O3/c1-18-8-7-11-23(19(18)2)28-26(29)22(16-27)14-21-12-13-24(25(15-21)30-3)31-17-20-9-5-4-6-10-20/h4-15H,17H2,1-3H3,(H,28,29)/b22-14+. The van der Waals surface area contributed by atoms with Crippen LogP contribution in [0.4, 0.5) is 5.69 Å². The number of methoxy groups -OCH3 is 1. The fourth-order valence-corrected chi connectivity index (χ4v) is 3.02. The molecule has 0 aliphatic rings. The van der Waals surface area contributed by atoms with Crippen LogP contribution in [0, 0.1) is 25.2 Å². The van der Waals surface area contributed by atoms with Crippen molar-refractivity contribution in [3.05, 3.63) is 94.6 Å². The van der Waals surface area contributed by atoms with E-state index in [0.29, 0.717) is 29.4 Å². The lowest BCUT2D eigenvalue weighted by Gasteiger charge is -2.12. The van der Waals surface area contributed by atoms with Crippen molar-refractivity contribution in [1.82, 2.24) is 0 Å². The molecule has 3 aromatic carbocycles. The van der Waals surface area contributed by atoms with Gasteiger partial charge in [-0.25, -0.2) is 0 Å². The second kappa shape index (κ2) is 10.1. The van der Waals surface area contributed by atoms with Crippen LogP contribution in [0.1, 0.15) is 22.3 Å². The first-order chi connectivity index (χ1) is 15.0. The summed E-state index contributed by atoms with van der Waals surface area (Å²) in [4.78, 5) is 12.6. The highest BCUT2D eigenvalue weighted by Gasteiger charge is 2.13. The molecular weight excluding hydrogens is 388 g/mol. The minimum Gasteiger partial charge on any atom is -0.493 e. The van der Waals surface area contributed by atoms with Crippen LogP contribution in [0.5, 0.6) is 11.5 Å². The predicted octanol–water partition coefficient (Wildman–Crippen LogP) is 5.44. The average molecular weight is 412 g/mol. The summed E-state index contributed by atoms with van der Waals surface area (Å²) in [6, 6.07) is 22.8. The Kier molecular flexibility index (Phi) is 7.08. The molecule has 0 fully saturated rings. The molecule has 0 aliphatic carbocycles. The molecule has 0 saturated heterocycles. The number of aryl methyl sites for hydroxylation is 1. The Labute approximate surface area is 182 Å². The molecule has 0 aliphatic heterocycles. The zero-order valence-electron chi connectivity index (χ0n) is 17.8. The van der Waals surface area contributed by atoms with Crippen molar-refractivity contribution in [2.45, 2.75) is 20.5 Å². The summed E-state index contributed by atoms with van der Waals surface area (Å²) >= 11 is 0. The summed E-state index contributed by atoms with van der Waals surface area (Å²) in [6.45, 7) is 4.31. The molecule has 31 heavy (non-hydrogen) atoms. The maximum atomic E-state index is 12.6. The van der Waals surface area contributed by atoms with Crippen molar-refractivity contribution in [2.24, 2.45) is 0 Å². The van der Waals surface area contributed by atoms with Crippen LogP contribution in [-0.4, -0.2) is 13.0 Å². The lowest BCUT2D eigenvalue weighted by Crippen LogP contribution is -2.14. The quantitative estimate of drug-likeness (QED) is 0.414. The van der Waals surface area contributed by atoms with E-state index in [4.69, 9.17) is 9.47 Å². The molecule has 3 aromatic rings. The van der Waals surface area contributed by atoms with Crippen LogP contribution in [0.2, 0.25) is 0 Å². The van der Waals surface area contributed by atoms with E-state index >= 15 is 0 Å². The van der Waals surface area contributed by atoms with Gasteiger partial charge in [0.05, 0.1) is 7.11 Å². The molecule has 3 rings (SSSR count). The number of carbonyl (C=O) groups excluding carboxylic acids is 1. The van der Waals surface area contributed by atoms with Crippen LogP contribution in [0.15, 0.2) is 72.3 Å². The maximum Gasteiger partial charge on any atom is 0.266 e. The molecule has 0 bridgehead atoms. The van der Waals surface area contributed by atoms with Crippen molar-refractivity contribution in [2.75, 3.05) is 12.4 Å². The molecule has 1 amide bonds. The summed E-state index contributed by atoms with van der Waals surface area (Å²) in [5.41, 5.74) is 4.43. The Balaban J connectivity index is 1.77. The zero-order chi connectivity index (χ0) is 22.2. The average Bonchev–Trinajstić information content (AvgIpc) is 2.80. The van der Waals surface area contributed by atoms with Crippen molar-refractivity contribution in [3.8, 4) is 17.6 Å². The number of carbonyl (C=O) groups is 1. The lowest BCUT2D eigenvalue weighted by molar-refractivity contribution is -0.112. The molecule has 0 spiro atoms. The first-order valence-corrected chi connectivity index (χ1v) is 9.86. The van der Waals surface area contributed by atoms with E-state index < -0.39 is 5.91 Å². The number of hydrogen-bond acceptors (Lipinski definition) is 4. The number of nitrogens with zero attached hydrogens (tertiary/aromatic N) is 1. The van der Waals surface area contributed by atoms with Crippen molar-refractivity contribution >= 4 is 17.7 Å². The van der Waals surface area contributed by atoms with Gasteiger partial charge in [-0.15, -0.1) is 0 Å². The molecule has 0 heterocycles. The third kappa shape index (κ3) is 5.52. The largest absolute Gasteiger partial charge is 0.493 e. The zero-order valence-corrected chi connectivity index (χ0v) is 17.8. The topological polar surface area (TPSA) is 71.3 Å². The Morgan fingerprint density at radius 2 is 1.81 bits per heavy atom. The van der Waals surface area contributed by atoms with Gasteiger partial charge in [0, 0.05) is 5.69 Å². The number of anilines is 1. The Morgan fingerprint density at radius 3 is 2.52 bits per heavy atom. The fourth-order valence-electron chi connectivity index (χ4n) is 3.02. The summed E-state index contributed by atoms with van der Waals surface area (Å²) in [5.74, 6) is 0.651. The van der Waals surface area contributed by atoms with Gasteiger partial charge in [-0.05, 0) is 60.4 Å². The predicted molar refractivity (Wildman–Crippen MR) is 122 cm³/mol. The maximum absolute atomic E-state index is 12.6. The second-order valence-corrected chi connectivity index (χ2v) is 7.06. The summed E-state index contributed by atoms with van der Waals surface area (Å²) in [5, 5.41) is 12.3. The molecule has 0 saturated carbocycles. The minimum atomic E-state index is -0.459. The molecule has 5 nitrogen and oxygen atoms in total. The first-order valence-electron chi connectivity index (χ1n) is 9.86. The number of benzene rings is 3. The number of rotatable bonds is 7. The van der Waals surface area contributed by atoms with Crippen LogP contribution in [0.3, 0.4) is 0 Å². The molecule has 0 atom stereocenters. The van der Waals surface area contributed by atoms with E-state index in [1.54, 1.807) is 25.3 Å². The highest BCUT2D eigenvalue weighted by atomic mass is 16.5. The van der Waals surface area contributed by atoms with Gasteiger partial charge >= 0.3 is 0 Å². The molecule has 156 valence electrons. The Morgan fingerprint density at radius 1 is 1.03 bits per heavy atom. The van der Waals surface area contributed by atoms with Gasteiger partial charge in [0.2, 0.25) is 0 Å². The van der Waals surface area contributed by atoms with Gasteiger partial charge in [0.15, 0.2) is 11.5 Å². The highest BCUT2D eigenvalue weighted by molar-refractivity contribution is 6.10. The normalized spacial score (nSPS) is 10.8. The van der Waals surface area contributed by atoms with Crippen molar-refractivity contribution in [1.29, 1.82) is 5.26 Å². The van der Waals surface area contributed by atoms with E-state index in [1.807, 2.05) is 68.4 Å². The molecule has 1 N–H and O–H groups in total. The molecular formula is C26H24N2O3. The highest BCUT2D eigenvalue weighted by Crippen LogP contribution is 2.30. The van der Waals surface area contributed by atoms with E-state index in [1.165, 1.54) is 6.08 Å². The van der Waals surface area contributed by atoms with Crippen LogP contribution < -0.4 is 14.8 Å². The summed E-state index contributed by atoms with van der Waals surface area (Å²) in [6.07, 6.45) is 1.53. The third-order valence-electron chi connectivity index (χ3n) is 4.95. The van der Waals surface area contributed by atoms with E-state index in [2.05, 4.69) is 5.32 Å². The van der Waals surface area contributed by atoms with Gasteiger partial charge < -0.3 is 14.8 Å². The summed E-state index contributed by atoms with van der Waals surface area (Å²) < 4.78 is 11.3. The third-order valence-corrected chi connectivity index (χ3v) is 4.95. The summed E-state index contributed by atoms with van der Waals surface area (Å²) in [7, 11) is 1.55. The van der Waals surface area contributed by atoms with Gasteiger partial charge in [-0.2, -0.15) is 5.26 Å². The van der Waals surface area contributed by atoms with Crippen LogP contribution in [0.25, 0.3) is 6.08 Å². The van der Waals surface area contributed by atoms with E-state index in [-0.39, 0.29) is 5.57 Å².